The summed E-state index contributed by atoms with van der Waals surface area (Å²) in [4.78, 5) is 0. The van der Waals surface area contributed by atoms with Crippen LogP contribution in [-0.4, -0.2) is 0 Å². The highest BCUT2D eigenvalue weighted by Crippen LogP contribution is 2.35. The lowest BCUT2D eigenvalue weighted by Gasteiger charge is -2.02. The molecule has 0 aliphatic heterocycles. The van der Waals surface area contributed by atoms with Crippen LogP contribution in [0.25, 0.3) is 21.9 Å². The van der Waals surface area contributed by atoms with E-state index in [2.05, 4.69) is 67.6 Å². The minimum atomic E-state index is 1.05. The maximum atomic E-state index is 6.19. The van der Waals surface area contributed by atoms with Crippen molar-refractivity contribution in [3.63, 3.8) is 0 Å². The van der Waals surface area contributed by atoms with Gasteiger partial charge < -0.3 is 4.42 Å². The predicted octanol–water partition coefficient (Wildman–Crippen LogP) is 5.62. The van der Waals surface area contributed by atoms with Crippen LogP contribution in [0.4, 0.5) is 0 Å². The first kappa shape index (κ1) is 13.0. The first-order chi connectivity index (χ1) is 9.17. The largest absolute Gasteiger partial charge is 0.455 e. The Morgan fingerprint density at radius 3 is 2.11 bits per heavy atom. The van der Waals surface area contributed by atoms with E-state index in [4.69, 9.17) is 4.42 Å². The van der Waals surface area contributed by atoms with Crippen molar-refractivity contribution in [2.45, 2.75) is 33.6 Å². The first-order valence-corrected chi connectivity index (χ1v) is 7.87. The Labute approximate surface area is 127 Å². The minimum absolute atomic E-state index is 1.05. The standard InChI is InChI=1S/C17H17IO/c1-4-11-6-8-13-14-9-7-12(5-2)15(18)17(14)19-16(13)10(11)3/h6-9H,4-5H2,1-3H3. The fourth-order valence-electron chi connectivity index (χ4n) is 2.74. The summed E-state index contributed by atoms with van der Waals surface area (Å²) in [6.45, 7) is 6.54. The molecule has 0 aliphatic carbocycles. The van der Waals surface area contributed by atoms with Crippen LogP contribution in [0.1, 0.15) is 30.5 Å². The number of furan rings is 1. The highest BCUT2D eigenvalue weighted by molar-refractivity contribution is 14.1. The highest BCUT2D eigenvalue weighted by atomic mass is 127. The van der Waals surface area contributed by atoms with E-state index in [1.165, 1.54) is 31.0 Å². The molecule has 0 spiro atoms. The average molecular weight is 364 g/mol. The summed E-state index contributed by atoms with van der Waals surface area (Å²) in [5, 5.41) is 2.48. The van der Waals surface area contributed by atoms with Crippen molar-refractivity contribution in [3.05, 3.63) is 44.5 Å². The molecule has 19 heavy (non-hydrogen) atoms. The van der Waals surface area contributed by atoms with E-state index in [-0.39, 0.29) is 0 Å². The Bertz CT molecular complexity index is 704. The maximum absolute atomic E-state index is 6.19. The van der Waals surface area contributed by atoms with Gasteiger partial charge in [-0.25, -0.2) is 0 Å². The normalized spacial score (nSPS) is 11.6. The molecule has 0 radical (unpaired) electrons. The topological polar surface area (TPSA) is 13.1 Å². The SMILES string of the molecule is CCc1ccc2c(oc3c(I)c(CC)ccc32)c1C. The zero-order chi connectivity index (χ0) is 13.6. The van der Waals surface area contributed by atoms with Crippen molar-refractivity contribution in [2.24, 2.45) is 0 Å². The van der Waals surface area contributed by atoms with Crippen molar-refractivity contribution in [1.82, 2.24) is 0 Å². The molecule has 0 N–H and O–H groups in total. The molecule has 2 aromatic carbocycles. The summed E-state index contributed by atoms with van der Waals surface area (Å²) in [5.41, 5.74) is 6.12. The van der Waals surface area contributed by atoms with Crippen molar-refractivity contribution >= 4 is 44.5 Å². The lowest BCUT2D eigenvalue weighted by molar-refractivity contribution is 0.661. The monoisotopic (exact) mass is 364 g/mol. The lowest BCUT2D eigenvalue weighted by Crippen LogP contribution is -1.85. The van der Waals surface area contributed by atoms with Crippen molar-refractivity contribution in [1.29, 1.82) is 0 Å². The summed E-state index contributed by atoms with van der Waals surface area (Å²) >= 11 is 2.41. The molecule has 0 atom stereocenters. The van der Waals surface area contributed by atoms with Gasteiger partial charge >= 0.3 is 0 Å². The fourth-order valence-corrected chi connectivity index (χ4v) is 3.70. The molecule has 0 saturated carbocycles. The van der Waals surface area contributed by atoms with E-state index >= 15 is 0 Å². The number of hydrogen-bond acceptors (Lipinski definition) is 1. The van der Waals surface area contributed by atoms with E-state index in [1.54, 1.807) is 0 Å². The van der Waals surface area contributed by atoms with Gasteiger partial charge in [-0.2, -0.15) is 0 Å². The molecule has 0 aliphatic rings. The van der Waals surface area contributed by atoms with Crippen molar-refractivity contribution in [2.75, 3.05) is 0 Å². The number of hydrogen-bond donors (Lipinski definition) is 0. The van der Waals surface area contributed by atoms with Crippen LogP contribution in [0.3, 0.4) is 0 Å². The molecule has 0 unspecified atom stereocenters. The average Bonchev–Trinajstić information content (AvgIpc) is 2.80. The molecular weight excluding hydrogens is 347 g/mol. The minimum Gasteiger partial charge on any atom is -0.455 e. The Morgan fingerprint density at radius 1 is 0.895 bits per heavy atom. The number of rotatable bonds is 2. The van der Waals surface area contributed by atoms with Crippen LogP contribution < -0.4 is 0 Å². The van der Waals surface area contributed by atoms with Crippen LogP contribution in [0.5, 0.6) is 0 Å². The third-order valence-electron chi connectivity index (χ3n) is 3.95. The van der Waals surface area contributed by atoms with Gasteiger partial charge in [0.25, 0.3) is 0 Å². The van der Waals surface area contributed by atoms with Gasteiger partial charge in [0.15, 0.2) is 0 Å². The molecule has 1 nitrogen and oxygen atoms in total. The van der Waals surface area contributed by atoms with Crippen molar-refractivity contribution < 1.29 is 4.42 Å². The number of benzene rings is 2. The van der Waals surface area contributed by atoms with Crippen LogP contribution >= 0.6 is 22.6 Å². The maximum Gasteiger partial charge on any atom is 0.149 e. The highest BCUT2D eigenvalue weighted by Gasteiger charge is 2.14. The Hall–Kier alpha value is -1.03. The zero-order valence-electron chi connectivity index (χ0n) is 11.5. The molecule has 0 fully saturated rings. The summed E-state index contributed by atoms with van der Waals surface area (Å²) in [6.07, 6.45) is 2.10. The van der Waals surface area contributed by atoms with Gasteiger partial charge in [-0.1, -0.05) is 38.1 Å². The molecule has 2 heteroatoms. The molecule has 3 aromatic rings. The Kier molecular flexibility index (Phi) is 3.29. The van der Waals surface area contributed by atoms with Gasteiger partial charge in [0.05, 0.1) is 3.57 Å². The fraction of sp³-hybridized carbons (Fsp3) is 0.294. The molecule has 1 aromatic heterocycles. The van der Waals surface area contributed by atoms with Crippen LogP contribution in [0.15, 0.2) is 28.7 Å². The number of aryl methyl sites for hydroxylation is 3. The summed E-state index contributed by atoms with van der Waals surface area (Å²) in [6, 6.07) is 8.86. The molecular formula is C17H17IO. The Balaban J connectivity index is 2.44. The second-order valence-corrected chi connectivity index (χ2v) is 6.03. The first-order valence-electron chi connectivity index (χ1n) is 6.79. The molecule has 3 rings (SSSR count). The molecule has 0 saturated heterocycles. The Morgan fingerprint density at radius 2 is 1.47 bits per heavy atom. The van der Waals surface area contributed by atoms with Gasteiger partial charge in [-0.3, -0.25) is 0 Å². The second-order valence-electron chi connectivity index (χ2n) is 4.95. The quantitative estimate of drug-likeness (QED) is 0.538. The third kappa shape index (κ3) is 1.88. The van der Waals surface area contributed by atoms with E-state index in [1.807, 2.05) is 0 Å². The van der Waals surface area contributed by atoms with Crippen LogP contribution in [0.2, 0.25) is 0 Å². The third-order valence-corrected chi connectivity index (χ3v) is 5.13. The molecule has 1 heterocycles. The zero-order valence-corrected chi connectivity index (χ0v) is 13.7. The summed E-state index contributed by atoms with van der Waals surface area (Å²) < 4.78 is 7.45. The van der Waals surface area contributed by atoms with Crippen molar-refractivity contribution in [3.8, 4) is 0 Å². The van der Waals surface area contributed by atoms with E-state index in [0.29, 0.717) is 0 Å². The molecule has 98 valence electrons. The molecule has 0 amide bonds. The smallest absolute Gasteiger partial charge is 0.149 e. The van der Waals surface area contributed by atoms with Gasteiger partial charge in [0.2, 0.25) is 0 Å². The summed E-state index contributed by atoms with van der Waals surface area (Å²) in [7, 11) is 0. The predicted molar refractivity (Wildman–Crippen MR) is 89.9 cm³/mol. The number of halogens is 1. The number of fused-ring (bicyclic) bond motifs is 3. The second kappa shape index (κ2) is 4.82. The van der Waals surface area contributed by atoms with Gasteiger partial charge in [-0.15, -0.1) is 0 Å². The molecule has 0 bridgehead atoms. The lowest BCUT2D eigenvalue weighted by atomic mass is 10.0. The van der Waals surface area contributed by atoms with E-state index < -0.39 is 0 Å². The van der Waals surface area contributed by atoms with Gasteiger partial charge in [0.1, 0.15) is 11.2 Å². The van der Waals surface area contributed by atoms with Crippen LogP contribution in [-0.2, 0) is 12.8 Å². The van der Waals surface area contributed by atoms with Crippen LogP contribution in [0, 0.1) is 10.5 Å². The van der Waals surface area contributed by atoms with E-state index in [9.17, 15) is 0 Å². The van der Waals surface area contributed by atoms with Gasteiger partial charge in [-0.05, 0) is 59.0 Å². The van der Waals surface area contributed by atoms with Gasteiger partial charge in [0, 0.05) is 10.8 Å². The van der Waals surface area contributed by atoms with E-state index in [0.717, 1.165) is 24.0 Å². The summed E-state index contributed by atoms with van der Waals surface area (Å²) in [5.74, 6) is 0.